The molecule has 0 aromatic carbocycles. The van der Waals surface area contributed by atoms with Crippen molar-refractivity contribution in [1.82, 2.24) is 29.7 Å². The molecule has 1 fully saturated rings. The van der Waals surface area contributed by atoms with Gasteiger partial charge in [-0.1, -0.05) is 6.92 Å². The van der Waals surface area contributed by atoms with Gasteiger partial charge in [0.2, 0.25) is 11.9 Å². The Morgan fingerprint density at radius 2 is 2.15 bits per heavy atom. The largest absolute Gasteiger partial charge is 0.357 e. The first kappa shape index (κ1) is 12.8. The number of hydrogen-bond donors (Lipinski definition) is 1. The Labute approximate surface area is 117 Å². The zero-order valence-electron chi connectivity index (χ0n) is 11.7. The van der Waals surface area contributed by atoms with Crippen LogP contribution in [0.4, 0.5) is 11.9 Å². The molecule has 106 valence electrons. The molecule has 2 aromatic heterocycles. The third-order valence-electron chi connectivity index (χ3n) is 3.56. The maximum absolute atomic E-state index is 4.53. The fraction of sp³-hybridized carbons (Fsp3) is 0.583. The van der Waals surface area contributed by atoms with Gasteiger partial charge in [0.1, 0.15) is 12.7 Å². The maximum atomic E-state index is 4.53. The minimum absolute atomic E-state index is 0.485. The number of nitrogens with zero attached hydrogens (tertiary/aromatic N) is 7. The van der Waals surface area contributed by atoms with Crippen molar-refractivity contribution in [2.75, 3.05) is 23.8 Å². The standard InChI is InChI=1S/C12H18N8/c1-3-9-5-4-6-19(9)11-16-10(13-2)17-12(18-11)20-8-14-7-15-20/h7-9H,3-6H2,1-2H3,(H,13,16,17,18). The van der Waals surface area contributed by atoms with Crippen LogP contribution in [0, 0.1) is 0 Å². The first-order chi connectivity index (χ1) is 9.81. The lowest BCUT2D eigenvalue weighted by Gasteiger charge is -2.23. The molecule has 1 atom stereocenters. The minimum Gasteiger partial charge on any atom is -0.357 e. The van der Waals surface area contributed by atoms with Crippen molar-refractivity contribution in [2.45, 2.75) is 32.2 Å². The molecular formula is C12H18N8. The number of nitrogens with one attached hydrogen (secondary N) is 1. The molecular weight excluding hydrogens is 256 g/mol. The van der Waals surface area contributed by atoms with E-state index in [4.69, 9.17) is 0 Å². The molecule has 1 unspecified atom stereocenters. The third kappa shape index (κ3) is 2.28. The number of hydrogen-bond acceptors (Lipinski definition) is 7. The van der Waals surface area contributed by atoms with Crippen molar-refractivity contribution in [3.63, 3.8) is 0 Å². The van der Waals surface area contributed by atoms with E-state index in [1.807, 2.05) is 0 Å². The van der Waals surface area contributed by atoms with Crippen molar-refractivity contribution in [3.05, 3.63) is 12.7 Å². The zero-order valence-corrected chi connectivity index (χ0v) is 11.7. The summed E-state index contributed by atoms with van der Waals surface area (Å²) in [6, 6.07) is 0.505. The molecule has 0 saturated carbocycles. The van der Waals surface area contributed by atoms with E-state index in [-0.39, 0.29) is 0 Å². The Morgan fingerprint density at radius 1 is 1.30 bits per heavy atom. The highest BCUT2D eigenvalue weighted by Crippen LogP contribution is 2.25. The highest BCUT2D eigenvalue weighted by Gasteiger charge is 2.26. The Morgan fingerprint density at radius 3 is 2.85 bits per heavy atom. The fourth-order valence-corrected chi connectivity index (χ4v) is 2.53. The van der Waals surface area contributed by atoms with Gasteiger partial charge < -0.3 is 10.2 Å². The van der Waals surface area contributed by atoms with Gasteiger partial charge in [0.05, 0.1) is 0 Å². The van der Waals surface area contributed by atoms with Gasteiger partial charge in [0.15, 0.2) is 0 Å². The fourth-order valence-electron chi connectivity index (χ4n) is 2.53. The summed E-state index contributed by atoms with van der Waals surface area (Å²) in [5.74, 6) is 1.74. The molecule has 0 aliphatic carbocycles. The summed E-state index contributed by atoms with van der Waals surface area (Å²) in [6.45, 7) is 3.18. The van der Waals surface area contributed by atoms with E-state index in [2.05, 4.69) is 42.2 Å². The van der Waals surface area contributed by atoms with E-state index in [0.717, 1.165) is 13.0 Å². The number of anilines is 2. The van der Waals surface area contributed by atoms with Gasteiger partial charge in [0.25, 0.3) is 5.95 Å². The first-order valence-corrected chi connectivity index (χ1v) is 6.87. The van der Waals surface area contributed by atoms with Gasteiger partial charge in [-0.25, -0.2) is 4.98 Å². The topological polar surface area (TPSA) is 84.7 Å². The van der Waals surface area contributed by atoms with Crippen LogP contribution < -0.4 is 10.2 Å². The second-order valence-corrected chi connectivity index (χ2v) is 4.75. The van der Waals surface area contributed by atoms with Crippen LogP contribution in [0.5, 0.6) is 0 Å². The predicted molar refractivity (Wildman–Crippen MR) is 74.9 cm³/mol. The van der Waals surface area contributed by atoms with E-state index >= 15 is 0 Å². The summed E-state index contributed by atoms with van der Waals surface area (Å²) in [5.41, 5.74) is 0. The van der Waals surface area contributed by atoms with E-state index in [9.17, 15) is 0 Å². The van der Waals surface area contributed by atoms with Crippen LogP contribution in [-0.4, -0.2) is 49.4 Å². The SMILES string of the molecule is CCC1CCCN1c1nc(NC)nc(-n2cncn2)n1. The minimum atomic E-state index is 0.485. The monoisotopic (exact) mass is 274 g/mol. The molecule has 1 saturated heterocycles. The Hall–Kier alpha value is -2.25. The summed E-state index contributed by atoms with van der Waals surface area (Å²) in [5, 5.41) is 7.05. The zero-order chi connectivity index (χ0) is 13.9. The molecule has 1 aliphatic rings. The predicted octanol–water partition coefficient (Wildman–Crippen LogP) is 0.873. The van der Waals surface area contributed by atoms with Gasteiger partial charge >= 0.3 is 0 Å². The summed E-state index contributed by atoms with van der Waals surface area (Å²) in [7, 11) is 1.80. The summed E-state index contributed by atoms with van der Waals surface area (Å²) in [4.78, 5) is 19.5. The molecule has 2 aromatic rings. The van der Waals surface area contributed by atoms with E-state index in [1.165, 1.54) is 19.2 Å². The smallest absolute Gasteiger partial charge is 0.258 e. The molecule has 0 radical (unpaired) electrons. The van der Waals surface area contributed by atoms with E-state index in [1.54, 1.807) is 18.1 Å². The van der Waals surface area contributed by atoms with E-state index in [0.29, 0.717) is 23.9 Å². The lowest BCUT2D eigenvalue weighted by Crippen LogP contribution is -2.31. The molecule has 20 heavy (non-hydrogen) atoms. The molecule has 8 nitrogen and oxygen atoms in total. The van der Waals surface area contributed by atoms with Crippen LogP contribution in [0.3, 0.4) is 0 Å². The Balaban J connectivity index is 2.00. The molecule has 1 aliphatic heterocycles. The highest BCUT2D eigenvalue weighted by atomic mass is 15.4. The molecule has 3 rings (SSSR count). The van der Waals surface area contributed by atoms with Crippen LogP contribution in [0.25, 0.3) is 5.95 Å². The summed E-state index contributed by atoms with van der Waals surface area (Å²) >= 11 is 0. The molecule has 1 N–H and O–H groups in total. The van der Waals surface area contributed by atoms with Crippen molar-refractivity contribution >= 4 is 11.9 Å². The van der Waals surface area contributed by atoms with Crippen LogP contribution in [0.15, 0.2) is 12.7 Å². The van der Waals surface area contributed by atoms with Crippen molar-refractivity contribution in [1.29, 1.82) is 0 Å². The van der Waals surface area contributed by atoms with Crippen molar-refractivity contribution in [3.8, 4) is 5.95 Å². The van der Waals surface area contributed by atoms with Gasteiger partial charge in [0, 0.05) is 19.6 Å². The lowest BCUT2D eigenvalue weighted by molar-refractivity contribution is 0.630. The summed E-state index contributed by atoms with van der Waals surface area (Å²) < 4.78 is 1.54. The van der Waals surface area contributed by atoms with Crippen LogP contribution >= 0.6 is 0 Å². The quantitative estimate of drug-likeness (QED) is 0.885. The average molecular weight is 274 g/mol. The number of rotatable bonds is 4. The van der Waals surface area contributed by atoms with Gasteiger partial charge in [-0.05, 0) is 19.3 Å². The van der Waals surface area contributed by atoms with Crippen LogP contribution in [0.2, 0.25) is 0 Å². The van der Waals surface area contributed by atoms with Crippen molar-refractivity contribution in [2.24, 2.45) is 0 Å². The second kappa shape index (κ2) is 5.40. The number of aromatic nitrogens is 6. The van der Waals surface area contributed by atoms with E-state index < -0.39 is 0 Å². The third-order valence-corrected chi connectivity index (χ3v) is 3.56. The molecule has 0 spiro atoms. The normalized spacial score (nSPS) is 18.5. The first-order valence-electron chi connectivity index (χ1n) is 6.87. The lowest BCUT2D eigenvalue weighted by atomic mass is 10.2. The molecule has 8 heteroatoms. The Kier molecular flexibility index (Phi) is 3.44. The average Bonchev–Trinajstić information content (AvgIpc) is 3.17. The molecule has 0 bridgehead atoms. The van der Waals surface area contributed by atoms with Crippen LogP contribution in [-0.2, 0) is 0 Å². The van der Waals surface area contributed by atoms with Gasteiger partial charge in [-0.3, -0.25) is 0 Å². The maximum Gasteiger partial charge on any atom is 0.258 e. The second-order valence-electron chi connectivity index (χ2n) is 4.75. The van der Waals surface area contributed by atoms with Gasteiger partial charge in [-0.15, -0.1) is 0 Å². The van der Waals surface area contributed by atoms with Crippen LogP contribution in [0.1, 0.15) is 26.2 Å². The Bertz CT molecular complexity index is 567. The van der Waals surface area contributed by atoms with Crippen molar-refractivity contribution < 1.29 is 0 Å². The van der Waals surface area contributed by atoms with Gasteiger partial charge in [-0.2, -0.15) is 24.7 Å². The molecule has 3 heterocycles. The highest BCUT2D eigenvalue weighted by molar-refractivity contribution is 5.41. The summed E-state index contributed by atoms with van der Waals surface area (Å²) in [6.07, 6.45) is 6.51. The molecule has 0 amide bonds.